The fraction of sp³-hybridized carbons (Fsp3) is 0.455. The van der Waals surface area contributed by atoms with Crippen molar-refractivity contribution in [1.82, 2.24) is 15.3 Å². The van der Waals surface area contributed by atoms with Crippen molar-refractivity contribution >= 4 is 17.8 Å². The third-order valence-corrected chi connectivity index (χ3v) is 2.18. The van der Waals surface area contributed by atoms with Crippen LogP contribution in [0, 0.1) is 0 Å². The molecule has 0 aliphatic rings. The number of rotatable bonds is 6. The molecule has 0 aliphatic carbocycles. The molecule has 0 radical (unpaired) electrons. The highest BCUT2D eigenvalue weighted by molar-refractivity contribution is 5.87. The number of carboxylic acids is 1. The fourth-order valence-electron chi connectivity index (χ4n) is 1.24. The van der Waals surface area contributed by atoms with E-state index in [9.17, 15) is 9.59 Å². The monoisotopic (exact) mass is 252 g/mol. The second kappa shape index (κ2) is 6.53. The number of nitrogens with one attached hydrogen (secondary N) is 1. The number of aromatic carboxylic acids is 1. The van der Waals surface area contributed by atoms with Gasteiger partial charge in [-0.15, -0.1) is 0 Å². The summed E-state index contributed by atoms with van der Waals surface area (Å²) in [4.78, 5) is 31.4. The number of aromatic nitrogens is 2. The molecule has 18 heavy (non-hydrogen) atoms. The van der Waals surface area contributed by atoms with Crippen LogP contribution >= 0.6 is 0 Å². The van der Waals surface area contributed by atoms with Gasteiger partial charge in [-0.2, -0.15) is 0 Å². The molecule has 1 heterocycles. The van der Waals surface area contributed by atoms with Gasteiger partial charge in [0.05, 0.1) is 12.1 Å². The number of nitrogens with zero attached hydrogens (tertiary/aromatic N) is 3. The lowest BCUT2D eigenvalue weighted by atomic mass is 10.3. The fourth-order valence-corrected chi connectivity index (χ4v) is 1.24. The number of carbonyl (C=O) groups excluding carboxylic acids is 1. The SMILES string of the molecule is CCCNC(=O)CN(C)c1ncc(C(=O)O)cn1. The van der Waals surface area contributed by atoms with Gasteiger partial charge in [-0.1, -0.05) is 6.92 Å². The molecular weight excluding hydrogens is 236 g/mol. The molecule has 0 aromatic carbocycles. The maximum absolute atomic E-state index is 11.5. The summed E-state index contributed by atoms with van der Waals surface area (Å²) in [6, 6.07) is 0. The van der Waals surface area contributed by atoms with Crippen LogP contribution in [-0.2, 0) is 4.79 Å². The molecule has 7 nitrogen and oxygen atoms in total. The average Bonchev–Trinajstić information content (AvgIpc) is 2.36. The Labute approximate surface area is 105 Å². The Morgan fingerprint density at radius 2 is 2.00 bits per heavy atom. The molecule has 0 saturated carbocycles. The number of carbonyl (C=O) groups is 2. The number of amides is 1. The van der Waals surface area contributed by atoms with Gasteiger partial charge in [0.25, 0.3) is 0 Å². The summed E-state index contributed by atoms with van der Waals surface area (Å²) in [5, 5.41) is 11.4. The summed E-state index contributed by atoms with van der Waals surface area (Å²) in [5.74, 6) is -0.887. The van der Waals surface area contributed by atoms with Gasteiger partial charge in [-0.25, -0.2) is 14.8 Å². The predicted molar refractivity (Wildman–Crippen MR) is 65.6 cm³/mol. The van der Waals surface area contributed by atoms with E-state index in [1.165, 1.54) is 12.4 Å². The van der Waals surface area contributed by atoms with E-state index in [0.29, 0.717) is 12.5 Å². The standard InChI is InChI=1S/C11H16N4O3/c1-3-4-12-9(16)7-15(2)11-13-5-8(6-14-11)10(17)18/h5-6H,3-4,7H2,1-2H3,(H,12,16)(H,17,18). The second-order valence-electron chi connectivity index (χ2n) is 3.78. The van der Waals surface area contributed by atoms with E-state index >= 15 is 0 Å². The molecule has 98 valence electrons. The molecule has 0 aliphatic heterocycles. The zero-order chi connectivity index (χ0) is 13.5. The Morgan fingerprint density at radius 1 is 1.39 bits per heavy atom. The predicted octanol–water partition coefficient (Wildman–Crippen LogP) is 0.137. The summed E-state index contributed by atoms with van der Waals surface area (Å²) >= 11 is 0. The van der Waals surface area contributed by atoms with E-state index in [1.54, 1.807) is 11.9 Å². The van der Waals surface area contributed by atoms with Crippen LogP contribution in [0.4, 0.5) is 5.95 Å². The van der Waals surface area contributed by atoms with E-state index in [1.807, 2.05) is 6.92 Å². The maximum atomic E-state index is 11.5. The number of carboxylic acid groups (broad SMARTS) is 1. The first-order valence-electron chi connectivity index (χ1n) is 5.57. The quantitative estimate of drug-likeness (QED) is 0.747. The Balaban J connectivity index is 2.58. The molecule has 2 N–H and O–H groups in total. The minimum Gasteiger partial charge on any atom is -0.478 e. The van der Waals surface area contributed by atoms with Crippen LogP contribution in [0.3, 0.4) is 0 Å². The summed E-state index contributed by atoms with van der Waals surface area (Å²) in [6.45, 7) is 2.73. The van der Waals surface area contributed by atoms with E-state index in [-0.39, 0.29) is 18.0 Å². The normalized spacial score (nSPS) is 9.89. The van der Waals surface area contributed by atoms with Gasteiger partial charge in [0, 0.05) is 26.0 Å². The van der Waals surface area contributed by atoms with Gasteiger partial charge in [0.2, 0.25) is 11.9 Å². The molecule has 0 spiro atoms. The van der Waals surface area contributed by atoms with Crippen LogP contribution in [0.2, 0.25) is 0 Å². The summed E-state index contributed by atoms with van der Waals surface area (Å²) in [7, 11) is 1.67. The summed E-state index contributed by atoms with van der Waals surface area (Å²) in [6.07, 6.45) is 3.30. The minimum absolute atomic E-state index is 0.0163. The molecule has 1 amide bonds. The number of likely N-dealkylation sites (N-methyl/N-ethyl adjacent to an activating group) is 1. The van der Waals surface area contributed by atoms with E-state index in [4.69, 9.17) is 5.11 Å². The lowest BCUT2D eigenvalue weighted by Gasteiger charge is -2.16. The molecule has 0 bridgehead atoms. The smallest absolute Gasteiger partial charge is 0.338 e. The highest BCUT2D eigenvalue weighted by atomic mass is 16.4. The van der Waals surface area contributed by atoms with Crippen molar-refractivity contribution in [2.75, 3.05) is 25.0 Å². The van der Waals surface area contributed by atoms with Crippen LogP contribution in [0.5, 0.6) is 0 Å². The first-order valence-corrected chi connectivity index (χ1v) is 5.57. The van der Waals surface area contributed by atoms with Crippen molar-refractivity contribution in [3.63, 3.8) is 0 Å². The second-order valence-corrected chi connectivity index (χ2v) is 3.78. The molecule has 0 fully saturated rings. The topological polar surface area (TPSA) is 95.4 Å². The molecule has 7 heteroatoms. The van der Waals surface area contributed by atoms with Gasteiger partial charge in [0.1, 0.15) is 0 Å². The lowest BCUT2D eigenvalue weighted by Crippen LogP contribution is -2.36. The minimum atomic E-state index is -1.08. The molecule has 0 atom stereocenters. The zero-order valence-corrected chi connectivity index (χ0v) is 10.4. The van der Waals surface area contributed by atoms with Crippen LogP contribution in [0.1, 0.15) is 23.7 Å². The molecular formula is C11H16N4O3. The number of anilines is 1. The largest absolute Gasteiger partial charge is 0.478 e. The Bertz CT molecular complexity index is 419. The van der Waals surface area contributed by atoms with E-state index in [0.717, 1.165) is 6.42 Å². The zero-order valence-electron chi connectivity index (χ0n) is 10.4. The Morgan fingerprint density at radius 3 is 2.50 bits per heavy atom. The van der Waals surface area contributed by atoms with Crippen molar-refractivity contribution in [2.45, 2.75) is 13.3 Å². The van der Waals surface area contributed by atoms with E-state index < -0.39 is 5.97 Å². The van der Waals surface area contributed by atoms with Crippen LogP contribution in [0.15, 0.2) is 12.4 Å². The van der Waals surface area contributed by atoms with Crippen LogP contribution < -0.4 is 10.2 Å². The van der Waals surface area contributed by atoms with Crippen molar-refractivity contribution in [3.05, 3.63) is 18.0 Å². The maximum Gasteiger partial charge on any atom is 0.338 e. The molecule has 1 rings (SSSR count). The van der Waals surface area contributed by atoms with Gasteiger partial charge in [-0.05, 0) is 6.42 Å². The molecule has 1 aromatic heterocycles. The highest BCUT2D eigenvalue weighted by Crippen LogP contribution is 2.04. The number of hydrogen-bond donors (Lipinski definition) is 2. The molecule has 1 aromatic rings. The van der Waals surface area contributed by atoms with Crippen molar-refractivity contribution < 1.29 is 14.7 Å². The van der Waals surface area contributed by atoms with Gasteiger partial charge in [0.15, 0.2) is 0 Å². The van der Waals surface area contributed by atoms with Gasteiger partial charge >= 0.3 is 5.97 Å². The highest BCUT2D eigenvalue weighted by Gasteiger charge is 2.10. The molecule has 0 unspecified atom stereocenters. The van der Waals surface area contributed by atoms with E-state index in [2.05, 4.69) is 15.3 Å². The van der Waals surface area contributed by atoms with Crippen LogP contribution in [-0.4, -0.2) is 47.1 Å². The Kier molecular flexibility index (Phi) is 5.04. The summed E-state index contributed by atoms with van der Waals surface area (Å²) < 4.78 is 0. The van der Waals surface area contributed by atoms with Crippen LogP contribution in [0.25, 0.3) is 0 Å². The molecule has 0 saturated heterocycles. The third kappa shape index (κ3) is 4.00. The van der Waals surface area contributed by atoms with Crippen molar-refractivity contribution in [2.24, 2.45) is 0 Å². The first kappa shape index (κ1) is 13.9. The third-order valence-electron chi connectivity index (χ3n) is 2.18. The first-order chi connectivity index (χ1) is 8.54. The number of hydrogen-bond acceptors (Lipinski definition) is 5. The summed E-state index contributed by atoms with van der Waals surface area (Å²) in [5.41, 5.74) is 0.0163. The average molecular weight is 252 g/mol. The Hall–Kier alpha value is -2.18. The lowest BCUT2D eigenvalue weighted by molar-refractivity contribution is -0.119. The van der Waals surface area contributed by atoms with Gasteiger partial charge in [-0.3, -0.25) is 4.79 Å². The van der Waals surface area contributed by atoms with Crippen molar-refractivity contribution in [3.8, 4) is 0 Å². The van der Waals surface area contributed by atoms with Crippen molar-refractivity contribution in [1.29, 1.82) is 0 Å². The van der Waals surface area contributed by atoms with Gasteiger partial charge < -0.3 is 15.3 Å².